The second-order valence-corrected chi connectivity index (χ2v) is 17.0. The Hall–Kier alpha value is -3.82. The molecule has 12 nitrogen and oxygen atoms in total. The van der Waals surface area contributed by atoms with Crippen molar-refractivity contribution in [2.45, 2.75) is 51.5 Å². The van der Waals surface area contributed by atoms with Crippen LogP contribution in [0.5, 0.6) is 5.75 Å². The average Bonchev–Trinajstić information content (AvgIpc) is 3.99. The molecule has 292 valence electrons. The van der Waals surface area contributed by atoms with Crippen LogP contribution in [0.15, 0.2) is 47.2 Å². The summed E-state index contributed by atoms with van der Waals surface area (Å²) in [6, 6.07) is 11.5. The molecule has 6 atom stereocenters. The van der Waals surface area contributed by atoms with Gasteiger partial charge in [0.2, 0.25) is 5.91 Å². The first-order valence-corrected chi connectivity index (χ1v) is 20.8. The minimum absolute atomic E-state index is 0.0830. The fourth-order valence-electron chi connectivity index (χ4n) is 8.21. The van der Waals surface area contributed by atoms with E-state index in [0.29, 0.717) is 57.7 Å². The van der Waals surface area contributed by atoms with E-state index in [2.05, 4.69) is 16.0 Å². The number of aliphatic carboxylic acids is 3. The molecule has 3 aromatic rings. The predicted octanol–water partition coefficient (Wildman–Crippen LogP) is 4.02. The molecule has 1 aromatic carbocycles. The summed E-state index contributed by atoms with van der Waals surface area (Å²) < 4.78 is 6.16. The van der Waals surface area contributed by atoms with Gasteiger partial charge in [0.25, 0.3) is 0 Å². The van der Waals surface area contributed by atoms with Gasteiger partial charge in [0, 0.05) is 9.75 Å². The standard InChI is InChI=1S/C40H52N4O8S2/c45-37(18-32-13-26(23-53-32)16-35(39(48)49)29-5-8-42-20-29)44(22-33-14-27(24-54-33)17-36(40(50)51)30-6-9-43-21-30)10-11-52-31-3-1-2-25(12-31)15-34(38(46)47)28-4-7-41-19-28/h1-3,12-14,23-24,28-30,34-36,41-43H,4-11,15-22H2,(H,46,47)(H,48,49)(H,50,51)/t28-,29-,30-,34-,35-,36-/m0/s1. The Morgan fingerprint density at radius 2 is 1.20 bits per heavy atom. The zero-order valence-electron chi connectivity index (χ0n) is 30.5. The molecule has 6 N–H and O–H groups in total. The van der Waals surface area contributed by atoms with Crippen molar-refractivity contribution in [3.63, 3.8) is 0 Å². The third-order valence-electron chi connectivity index (χ3n) is 11.3. The molecule has 2 aromatic heterocycles. The molecule has 0 spiro atoms. The van der Waals surface area contributed by atoms with E-state index in [1.807, 2.05) is 47.2 Å². The molecule has 54 heavy (non-hydrogen) atoms. The zero-order chi connectivity index (χ0) is 38.0. The Labute approximate surface area is 324 Å². The van der Waals surface area contributed by atoms with Crippen molar-refractivity contribution in [2.24, 2.45) is 35.5 Å². The molecule has 0 unspecified atom stereocenters. The number of hydrogen-bond acceptors (Lipinski definition) is 10. The lowest BCUT2D eigenvalue weighted by Gasteiger charge is -2.23. The van der Waals surface area contributed by atoms with Gasteiger partial charge in [-0.2, -0.15) is 0 Å². The maximum Gasteiger partial charge on any atom is 0.307 e. The molecule has 5 heterocycles. The highest BCUT2D eigenvalue weighted by molar-refractivity contribution is 7.10. The first-order valence-electron chi connectivity index (χ1n) is 19.1. The van der Waals surface area contributed by atoms with Crippen molar-refractivity contribution in [2.75, 3.05) is 52.4 Å². The number of rotatable bonds is 20. The van der Waals surface area contributed by atoms with Crippen LogP contribution in [0.4, 0.5) is 0 Å². The quantitative estimate of drug-likeness (QED) is 0.0977. The zero-order valence-corrected chi connectivity index (χ0v) is 32.2. The molecule has 3 saturated heterocycles. The van der Waals surface area contributed by atoms with Crippen LogP contribution in [-0.2, 0) is 51.4 Å². The van der Waals surface area contributed by atoms with Crippen molar-refractivity contribution in [3.05, 3.63) is 73.6 Å². The van der Waals surface area contributed by atoms with Crippen molar-refractivity contribution >= 4 is 46.5 Å². The highest BCUT2D eigenvalue weighted by Crippen LogP contribution is 2.29. The smallest absolute Gasteiger partial charge is 0.307 e. The van der Waals surface area contributed by atoms with E-state index in [1.54, 1.807) is 4.90 Å². The van der Waals surface area contributed by atoms with E-state index in [-0.39, 0.29) is 36.7 Å². The Balaban J connectivity index is 1.11. The largest absolute Gasteiger partial charge is 0.492 e. The number of nitrogens with zero attached hydrogens (tertiary/aromatic N) is 1. The molecular weight excluding hydrogens is 729 g/mol. The maximum atomic E-state index is 14.0. The van der Waals surface area contributed by atoms with E-state index < -0.39 is 35.7 Å². The third kappa shape index (κ3) is 10.9. The number of carboxylic acid groups (broad SMARTS) is 3. The number of carbonyl (C=O) groups excluding carboxylic acids is 1. The van der Waals surface area contributed by atoms with Crippen LogP contribution in [0.2, 0.25) is 0 Å². The lowest BCUT2D eigenvalue weighted by molar-refractivity contribution is -0.144. The third-order valence-corrected chi connectivity index (χ3v) is 13.2. The summed E-state index contributed by atoms with van der Waals surface area (Å²) in [4.78, 5) is 53.9. The summed E-state index contributed by atoms with van der Waals surface area (Å²) in [6.07, 6.45) is 3.98. The number of benzene rings is 1. The fourth-order valence-corrected chi connectivity index (χ4v) is 10.0. The van der Waals surface area contributed by atoms with Gasteiger partial charge < -0.3 is 40.9 Å². The minimum Gasteiger partial charge on any atom is -0.492 e. The van der Waals surface area contributed by atoms with Crippen molar-refractivity contribution in [1.29, 1.82) is 0 Å². The number of thiophene rings is 2. The summed E-state index contributed by atoms with van der Waals surface area (Å²) in [5, 5.41) is 43.6. The van der Waals surface area contributed by atoms with Gasteiger partial charge in [-0.1, -0.05) is 12.1 Å². The minimum atomic E-state index is -0.791. The van der Waals surface area contributed by atoms with Gasteiger partial charge in [-0.15, -0.1) is 22.7 Å². The normalized spacial score (nSPS) is 21.4. The maximum absolute atomic E-state index is 14.0. The first kappa shape index (κ1) is 39.9. The topological polar surface area (TPSA) is 178 Å². The second kappa shape index (κ2) is 19.2. The van der Waals surface area contributed by atoms with Crippen LogP contribution in [0, 0.1) is 35.5 Å². The van der Waals surface area contributed by atoms with Gasteiger partial charge in [-0.25, -0.2) is 0 Å². The van der Waals surface area contributed by atoms with E-state index in [9.17, 15) is 34.5 Å². The highest BCUT2D eigenvalue weighted by atomic mass is 32.1. The Morgan fingerprint density at radius 1 is 0.704 bits per heavy atom. The van der Waals surface area contributed by atoms with Crippen LogP contribution in [0.3, 0.4) is 0 Å². The predicted molar refractivity (Wildman–Crippen MR) is 207 cm³/mol. The van der Waals surface area contributed by atoms with Crippen molar-refractivity contribution in [3.8, 4) is 5.75 Å². The summed E-state index contributed by atoms with van der Waals surface area (Å²) in [5.41, 5.74) is 2.78. The number of nitrogens with one attached hydrogen (secondary N) is 3. The summed E-state index contributed by atoms with van der Waals surface area (Å²) in [6.45, 7) is 5.48. The number of amides is 1. The molecule has 0 radical (unpaired) electrons. The molecule has 14 heteroatoms. The van der Waals surface area contributed by atoms with Crippen LogP contribution in [0.25, 0.3) is 0 Å². The molecule has 1 amide bonds. The fraction of sp³-hybridized carbons (Fsp3) is 0.550. The Morgan fingerprint density at radius 3 is 1.70 bits per heavy atom. The Bertz CT molecular complexity index is 1730. The van der Waals surface area contributed by atoms with Gasteiger partial charge >= 0.3 is 17.9 Å². The summed E-state index contributed by atoms with van der Waals surface area (Å²) >= 11 is 2.99. The van der Waals surface area contributed by atoms with Crippen LogP contribution < -0.4 is 20.7 Å². The van der Waals surface area contributed by atoms with Crippen molar-refractivity contribution < 1.29 is 39.2 Å². The molecule has 0 aliphatic carbocycles. The SMILES string of the molecule is O=C(O)[C@@H](Cc1cccc(OCCN(Cc2cc(C[C@H](C(=O)O)[C@H]3CCNC3)cs2)C(=O)Cc2cc(C[C@H](C(=O)O)[C@H]3CCNC3)cs2)c1)[C@H]1CCNC1. The van der Waals surface area contributed by atoms with Gasteiger partial charge in [0.1, 0.15) is 12.4 Å². The lowest BCUT2D eigenvalue weighted by atomic mass is 9.86. The Kier molecular flexibility index (Phi) is 14.1. The van der Waals surface area contributed by atoms with Crippen LogP contribution in [-0.4, -0.2) is 96.5 Å². The molecule has 3 aliphatic rings. The van der Waals surface area contributed by atoms with E-state index >= 15 is 0 Å². The molecule has 3 fully saturated rings. The van der Waals surface area contributed by atoms with Crippen LogP contribution >= 0.6 is 22.7 Å². The van der Waals surface area contributed by atoms with Crippen LogP contribution in [0.1, 0.15) is 45.7 Å². The summed E-state index contributed by atoms with van der Waals surface area (Å²) in [7, 11) is 0. The molecule has 0 bridgehead atoms. The monoisotopic (exact) mass is 780 g/mol. The number of hydrogen-bond donors (Lipinski definition) is 6. The summed E-state index contributed by atoms with van der Waals surface area (Å²) in [5.74, 6) is -3.00. The van der Waals surface area contributed by atoms with Gasteiger partial charge in [-0.3, -0.25) is 19.2 Å². The number of carbonyl (C=O) groups is 4. The van der Waals surface area contributed by atoms with Crippen molar-refractivity contribution in [1.82, 2.24) is 20.9 Å². The van der Waals surface area contributed by atoms with Gasteiger partial charge in [-0.05, 0) is 147 Å². The van der Waals surface area contributed by atoms with E-state index in [0.717, 1.165) is 65.3 Å². The molecule has 0 saturated carbocycles. The highest BCUT2D eigenvalue weighted by Gasteiger charge is 2.33. The number of carboxylic acids is 3. The van der Waals surface area contributed by atoms with Gasteiger partial charge in [0.15, 0.2) is 0 Å². The average molecular weight is 781 g/mol. The first-order chi connectivity index (χ1) is 26.1. The molecule has 6 rings (SSSR count). The van der Waals surface area contributed by atoms with E-state index in [1.165, 1.54) is 22.7 Å². The van der Waals surface area contributed by atoms with Gasteiger partial charge in [0.05, 0.1) is 37.3 Å². The molecular formula is C40H52N4O8S2. The molecule has 3 aliphatic heterocycles. The van der Waals surface area contributed by atoms with E-state index in [4.69, 9.17) is 4.74 Å². The second-order valence-electron chi connectivity index (χ2n) is 15.0. The number of ether oxygens (including phenoxy) is 1. The lowest BCUT2D eigenvalue weighted by Crippen LogP contribution is -2.35.